The van der Waals surface area contributed by atoms with Crippen LogP contribution >= 0.6 is 11.6 Å². The van der Waals surface area contributed by atoms with Gasteiger partial charge in [0.25, 0.3) is 0 Å². The maximum Gasteiger partial charge on any atom is 0.162 e. The molecule has 110 valence electrons. The third-order valence-corrected chi connectivity index (χ3v) is 4.15. The summed E-state index contributed by atoms with van der Waals surface area (Å²) in [4.78, 5) is 0. The molecule has 2 N–H and O–H groups in total. The number of hydrogen-bond donors (Lipinski definition) is 1. The summed E-state index contributed by atoms with van der Waals surface area (Å²) in [6.45, 7) is 4.56. The van der Waals surface area contributed by atoms with Crippen molar-refractivity contribution in [3.63, 3.8) is 0 Å². The Kier molecular flexibility index (Phi) is 3.79. The van der Waals surface area contributed by atoms with Crippen LogP contribution in [0.25, 0.3) is 0 Å². The Hall–Kier alpha value is -1.71. The summed E-state index contributed by atoms with van der Waals surface area (Å²) in [5.74, 6) is 1.55. The van der Waals surface area contributed by atoms with Crippen molar-refractivity contribution < 1.29 is 9.47 Å². The maximum atomic E-state index is 6.30. The molecule has 0 radical (unpaired) electrons. The van der Waals surface area contributed by atoms with Crippen LogP contribution in [0.2, 0.25) is 5.02 Å². The van der Waals surface area contributed by atoms with Crippen molar-refractivity contribution in [2.24, 2.45) is 5.73 Å². The second-order valence-corrected chi connectivity index (χ2v) is 5.86. The van der Waals surface area contributed by atoms with E-state index in [1.54, 1.807) is 0 Å². The molecule has 0 aromatic heterocycles. The number of ether oxygens (including phenoxy) is 2. The molecular formula is C17H18ClNO2. The van der Waals surface area contributed by atoms with Gasteiger partial charge in [-0.05, 0) is 54.8 Å². The van der Waals surface area contributed by atoms with E-state index in [4.69, 9.17) is 26.8 Å². The Morgan fingerprint density at radius 3 is 2.38 bits per heavy atom. The lowest BCUT2D eigenvalue weighted by molar-refractivity contribution is 0.0719. The van der Waals surface area contributed by atoms with E-state index in [9.17, 15) is 0 Å². The van der Waals surface area contributed by atoms with Gasteiger partial charge in [-0.2, -0.15) is 0 Å². The zero-order valence-electron chi connectivity index (χ0n) is 12.1. The molecule has 3 nitrogen and oxygen atoms in total. The summed E-state index contributed by atoms with van der Waals surface area (Å²) in [5.41, 5.74) is 9.65. The largest absolute Gasteiger partial charge is 0.486 e. The lowest BCUT2D eigenvalue weighted by atomic mass is 10.0. The van der Waals surface area contributed by atoms with Gasteiger partial charge in [-0.15, -0.1) is 0 Å². The summed E-state index contributed by atoms with van der Waals surface area (Å²) >= 11 is 5.90. The van der Waals surface area contributed by atoms with Crippen molar-refractivity contribution in [1.29, 1.82) is 0 Å². The molecule has 1 aliphatic heterocycles. The standard InChI is InChI=1S/C17H18ClNO2/c1-10-7-14-15(8-11(10)2)21-16(9-20-14)17(19)12-3-5-13(18)6-4-12/h3-8,16-17H,9,19H2,1-2H3. The molecule has 3 rings (SSSR count). The van der Waals surface area contributed by atoms with E-state index in [1.165, 1.54) is 11.1 Å². The minimum atomic E-state index is -0.253. The first kappa shape index (κ1) is 14.2. The minimum absolute atomic E-state index is 0.208. The molecule has 0 saturated carbocycles. The van der Waals surface area contributed by atoms with Crippen molar-refractivity contribution in [1.82, 2.24) is 0 Å². The Morgan fingerprint density at radius 2 is 1.71 bits per heavy atom. The highest BCUT2D eigenvalue weighted by Gasteiger charge is 2.28. The first-order valence-corrected chi connectivity index (χ1v) is 7.34. The molecule has 0 bridgehead atoms. The molecule has 2 unspecified atom stereocenters. The van der Waals surface area contributed by atoms with Crippen LogP contribution in [-0.4, -0.2) is 12.7 Å². The molecule has 0 aliphatic carbocycles. The number of halogens is 1. The minimum Gasteiger partial charge on any atom is -0.486 e. The molecule has 0 spiro atoms. The van der Waals surface area contributed by atoms with Gasteiger partial charge in [0.15, 0.2) is 17.6 Å². The van der Waals surface area contributed by atoms with Crippen LogP contribution in [0.1, 0.15) is 22.7 Å². The lowest BCUT2D eigenvalue weighted by Gasteiger charge is -2.31. The molecule has 4 heteroatoms. The van der Waals surface area contributed by atoms with E-state index in [2.05, 4.69) is 13.8 Å². The van der Waals surface area contributed by atoms with E-state index >= 15 is 0 Å². The van der Waals surface area contributed by atoms with Crippen LogP contribution in [0.5, 0.6) is 11.5 Å². The van der Waals surface area contributed by atoms with Crippen LogP contribution in [0, 0.1) is 13.8 Å². The van der Waals surface area contributed by atoms with E-state index in [0.29, 0.717) is 11.6 Å². The molecule has 0 amide bonds. The quantitative estimate of drug-likeness (QED) is 0.918. The van der Waals surface area contributed by atoms with Crippen LogP contribution in [0.3, 0.4) is 0 Å². The third-order valence-electron chi connectivity index (χ3n) is 3.90. The Morgan fingerprint density at radius 1 is 1.10 bits per heavy atom. The maximum absolute atomic E-state index is 6.30. The van der Waals surface area contributed by atoms with Gasteiger partial charge in [0, 0.05) is 5.02 Å². The monoisotopic (exact) mass is 303 g/mol. The second kappa shape index (κ2) is 5.58. The van der Waals surface area contributed by atoms with Gasteiger partial charge in [0.1, 0.15) is 6.61 Å². The molecule has 1 aliphatic rings. The number of aryl methyl sites for hydroxylation is 2. The topological polar surface area (TPSA) is 44.5 Å². The number of hydrogen-bond acceptors (Lipinski definition) is 3. The normalized spacial score (nSPS) is 18.4. The molecule has 0 saturated heterocycles. The summed E-state index contributed by atoms with van der Waals surface area (Å²) < 4.78 is 11.8. The van der Waals surface area contributed by atoms with E-state index in [1.807, 2.05) is 36.4 Å². The van der Waals surface area contributed by atoms with Gasteiger partial charge in [-0.3, -0.25) is 0 Å². The van der Waals surface area contributed by atoms with Crippen LogP contribution in [0.15, 0.2) is 36.4 Å². The number of rotatable bonds is 2. The first-order valence-electron chi connectivity index (χ1n) is 6.96. The van der Waals surface area contributed by atoms with Crippen molar-refractivity contribution >= 4 is 11.6 Å². The van der Waals surface area contributed by atoms with Gasteiger partial charge in [-0.25, -0.2) is 0 Å². The zero-order chi connectivity index (χ0) is 15.0. The molecule has 1 heterocycles. The van der Waals surface area contributed by atoms with Crippen molar-refractivity contribution in [3.8, 4) is 11.5 Å². The molecule has 2 aromatic rings. The lowest BCUT2D eigenvalue weighted by Crippen LogP contribution is -2.39. The fourth-order valence-electron chi connectivity index (χ4n) is 2.41. The first-order chi connectivity index (χ1) is 10.0. The number of nitrogens with two attached hydrogens (primary N) is 1. The van der Waals surface area contributed by atoms with Gasteiger partial charge in [-0.1, -0.05) is 23.7 Å². The highest BCUT2D eigenvalue weighted by atomic mass is 35.5. The third kappa shape index (κ3) is 2.85. The van der Waals surface area contributed by atoms with Crippen LogP contribution in [0.4, 0.5) is 0 Å². The fraction of sp³-hybridized carbons (Fsp3) is 0.294. The van der Waals surface area contributed by atoms with Gasteiger partial charge in [0.05, 0.1) is 6.04 Å². The van der Waals surface area contributed by atoms with E-state index in [0.717, 1.165) is 17.1 Å². The highest BCUT2D eigenvalue weighted by Crippen LogP contribution is 2.36. The van der Waals surface area contributed by atoms with Crippen LogP contribution in [-0.2, 0) is 0 Å². The molecule has 21 heavy (non-hydrogen) atoms. The average Bonchev–Trinajstić information content (AvgIpc) is 2.48. The summed E-state index contributed by atoms with van der Waals surface area (Å²) in [6.07, 6.45) is -0.208. The van der Waals surface area contributed by atoms with Crippen LogP contribution < -0.4 is 15.2 Å². The summed E-state index contributed by atoms with van der Waals surface area (Å²) in [6, 6.07) is 11.3. The summed E-state index contributed by atoms with van der Waals surface area (Å²) in [5, 5.41) is 0.697. The number of fused-ring (bicyclic) bond motifs is 1. The molecule has 0 fully saturated rings. The van der Waals surface area contributed by atoms with Crippen molar-refractivity contribution in [3.05, 3.63) is 58.1 Å². The van der Waals surface area contributed by atoms with E-state index in [-0.39, 0.29) is 12.1 Å². The second-order valence-electron chi connectivity index (χ2n) is 5.43. The average molecular weight is 304 g/mol. The molecule has 2 atom stereocenters. The van der Waals surface area contributed by atoms with Crippen molar-refractivity contribution in [2.45, 2.75) is 26.0 Å². The van der Waals surface area contributed by atoms with Gasteiger partial charge >= 0.3 is 0 Å². The Bertz CT molecular complexity index is 655. The zero-order valence-corrected chi connectivity index (χ0v) is 12.9. The van der Waals surface area contributed by atoms with Gasteiger partial charge < -0.3 is 15.2 Å². The fourth-order valence-corrected chi connectivity index (χ4v) is 2.54. The predicted octanol–water partition coefficient (Wildman–Crippen LogP) is 3.80. The van der Waals surface area contributed by atoms with Crippen molar-refractivity contribution in [2.75, 3.05) is 6.61 Å². The molecular weight excluding hydrogens is 286 g/mol. The Labute approximate surface area is 129 Å². The van der Waals surface area contributed by atoms with E-state index < -0.39 is 0 Å². The Balaban J connectivity index is 1.82. The number of benzene rings is 2. The highest BCUT2D eigenvalue weighted by molar-refractivity contribution is 6.30. The molecule has 2 aromatic carbocycles. The van der Waals surface area contributed by atoms with Gasteiger partial charge in [0.2, 0.25) is 0 Å². The SMILES string of the molecule is Cc1cc2c(cc1C)OC(C(N)c1ccc(Cl)cc1)CO2. The summed E-state index contributed by atoms with van der Waals surface area (Å²) in [7, 11) is 0. The predicted molar refractivity (Wildman–Crippen MR) is 84.2 cm³/mol. The smallest absolute Gasteiger partial charge is 0.162 e.